The zero-order valence-electron chi connectivity index (χ0n) is 23.1. The first-order valence-corrected chi connectivity index (χ1v) is 13.6. The maximum Gasteiger partial charge on any atom is 0.341 e. The Kier molecular flexibility index (Phi) is 11.9. The summed E-state index contributed by atoms with van der Waals surface area (Å²) in [6.07, 6.45) is -3.42. The average molecular weight is 578 g/mol. The number of aliphatic hydroxyl groups excluding tert-OH is 3. The topological polar surface area (TPSA) is 263 Å². The molecule has 16 heteroatoms. The largest absolute Gasteiger partial charge is 0.492 e. The zero-order valence-corrected chi connectivity index (χ0v) is 23.1. The van der Waals surface area contributed by atoms with Crippen LogP contribution in [0.1, 0.15) is 19.8 Å². The minimum absolute atomic E-state index is 0.0199. The normalized spacial score (nSPS) is 40.2. The van der Waals surface area contributed by atoms with Crippen LogP contribution in [0.15, 0.2) is 11.8 Å². The van der Waals surface area contributed by atoms with Crippen LogP contribution < -0.4 is 33.2 Å². The second-order valence-corrected chi connectivity index (χ2v) is 10.9. The summed E-state index contributed by atoms with van der Waals surface area (Å²) in [5.74, 6) is -0.150. The number of hydrogen-bond acceptors (Lipinski definition) is 14. The minimum Gasteiger partial charge on any atom is -0.492 e. The summed E-state index contributed by atoms with van der Waals surface area (Å²) in [4.78, 5) is 12.6. The molecule has 2 amide bonds. The van der Waals surface area contributed by atoms with E-state index in [2.05, 4.69) is 16.0 Å². The van der Waals surface area contributed by atoms with E-state index < -0.39 is 72.4 Å². The van der Waals surface area contributed by atoms with Crippen molar-refractivity contribution < 1.29 is 44.6 Å². The number of nitrogens with two attached hydrogens (primary N) is 3. The van der Waals surface area contributed by atoms with E-state index in [0.29, 0.717) is 30.3 Å². The van der Waals surface area contributed by atoms with Crippen molar-refractivity contribution in [1.82, 2.24) is 21.0 Å². The molecule has 1 aliphatic carbocycles. The Bertz CT molecular complexity index is 854. The molecule has 11 atom stereocenters. The number of urea groups is 1. The number of aliphatic hydroxyl groups is 4. The van der Waals surface area contributed by atoms with Crippen LogP contribution in [0.3, 0.4) is 0 Å². The number of rotatable bonds is 11. The van der Waals surface area contributed by atoms with Gasteiger partial charge in [0, 0.05) is 31.1 Å². The van der Waals surface area contributed by atoms with Crippen molar-refractivity contribution in [1.29, 1.82) is 0 Å². The van der Waals surface area contributed by atoms with Gasteiger partial charge in [-0.2, -0.15) is 0 Å². The monoisotopic (exact) mass is 577 g/mol. The first-order valence-electron chi connectivity index (χ1n) is 13.6. The van der Waals surface area contributed by atoms with E-state index >= 15 is 0 Å². The van der Waals surface area contributed by atoms with Gasteiger partial charge in [0.05, 0.1) is 44.5 Å². The Morgan fingerprint density at radius 3 is 2.65 bits per heavy atom. The summed E-state index contributed by atoms with van der Waals surface area (Å²) in [5.41, 5.74) is 17.0. The highest BCUT2D eigenvalue weighted by Crippen LogP contribution is 2.36. The van der Waals surface area contributed by atoms with Crippen LogP contribution in [0, 0.1) is 5.92 Å². The van der Waals surface area contributed by atoms with Gasteiger partial charge in [0.2, 0.25) is 0 Å². The lowest BCUT2D eigenvalue weighted by Gasteiger charge is -2.50. The molecular weight excluding hydrogens is 530 g/mol. The molecule has 1 saturated heterocycles. The third kappa shape index (κ3) is 7.58. The molecule has 16 nitrogen and oxygen atoms in total. The molecule has 0 bridgehead atoms. The van der Waals surface area contributed by atoms with E-state index in [1.165, 1.54) is 6.92 Å². The minimum atomic E-state index is -1.40. The SMILES string of the molecule is CNC1C(O)C(OC2C(NC(=O)N(O)CCN)CC(N)C(C3OC(CNCCO)=CCC3N)C2O)OCC1(C)O. The number of nitrogens with zero attached hydrogens (tertiary/aromatic N) is 1. The van der Waals surface area contributed by atoms with Crippen molar-refractivity contribution in [2.24, 2.45) is 23.1 Å². The van der Waals surface area contributed by atoms with Gasteiger partial charge in [0.1, 0.15) is 29.7 Å². The van der Waals surface area contributed by atoms with Gasteiger partial charge in [-0.05, 0) is 32.9 Å². The molecule has 11 unspecified atom stereocenters. The van der Waals surface area contributed by atoms with Crippen LogP contribution in [0.5, 0.6) is 0 Å². The third-order valence-electron chi connectivity index (χ3n) is 7.76. The van der Waals surface area contributed by atoms with Crippen molar-refractivity contribution in [3.8, 4) is 0 Å². The van der Waals surface area contributed by atoms with Gasteiger partial charge >= 0.3 is 6.03 Å². The van der Waals surface area contributed by atoms with Crippen molar-refractivity contribution in [3.05, 3.63) is 11.8 Å². The summed E-state index contributed by atoms with van der Waals surface area (Å²) in [6.45, 7) is 1.91. The summed E-state index contributed by atoms with van der Waals surface area (Å²) < 4.78 is 17.9. The summed E-state index contributed by atoms with van der Waals surface area (Å²) in [6, 6.07) is -3.80. The fourth-order valence-electron chi connectivity index (χ4n) is 5.71. The second kappa shape index (κ2) is 14.5. The highest BCUT2D eigenvalue weighted by molar-refractivity contribution is 5.73. The lowest BCUT2D eigenvalue weighted by molar-refractivity contribution is -0.297. The van der Waals surface area contributed by atoms with Crippen molar-refractivity contribution in [2.75, 3.05) is 46.4 Å². The molecular formula is C24H47N7O9. The Morgan fingerprint density at radius 2 is 2.00 bits per heavy atom. The number of hydrogen-bond donors (Lipinski definition) is 11. The van der Waals surface area contributed by atoms with Crippen molar-refractivity contribution in [2.45, 2.75) is 80.2 Å². The Balaban J connectivity index is 1.85. The number of hydroxylamine groups is 2. The average Bonchev–Trinajstić information content (AvgIpc) is 2.89. The van der Waals surface area contributed by atoms with E-state index in [9.17, 15) is 25.3 Å². The smallest absolute Gasteiger partial charge is 0.341 e. The van der Waals surface area contributed by atoms with Gasteiger partial charge in [0.15, 0.2) is 6.29 Å². The van der Waals surface area contributed by atoms with Crippen LogP contribution in [0.2, 0.25) is 0 Å². The molecule has 0 aromatic carbocycles. The first-order chi connectivity index (χ1) is 18.9. The van der Waals surface area contributed by atoms with E-state index in [1.54, 1.807) is 7.05 Å². The highest BCUT2D eigenvalue weighted by atomic mass is 16.7. The van der Waals surface area contributed by atoms with Crippen molar-refractivity contribution >= 4 is 6.03 Å². The molecule has 1 saturated carbocycles. The van der Waals surface area contributed by atoms with E-state index in [-0.39, 0.29) is 32.7 Å². The van der Waals surface area contributed by atoms with E-state index in [1.807, 2.05) is 6.08 Å². The standard InChI is InChI=1S/C24H47N7O9/c1-24(36)11-38-22(18(34)21(24)28-2)40-20-15(30-23(35)31(37)7-5-25)9-14(27)16(17(20)33)19-13(26)4-3-12(39-19)10-29-6-8-32/h3,13-22,28-29,32-34,36-37H,4-11,25-27H2,1-2H3,(H,30,35). The van der Waals surface area contributed by atoms with Crippen molar-refractivity contribution in [3.63, 3.8) is 0 Å². The van der Waals surface area contributed by atoms with Gasteiger partial charge in [-0.15, -0.1) is 0 Å². The molecule has 232 valence electrons. The Hall–Kier alpha value is -1.67. The van der Waals surface area contributed by atoms with Crippen LogP contribution in [-0.4, -0.2) is 144 Å². The number of amides is 2. The van der Waals surface area contributed by atoms with Crippen LogP contribution in [0.25, 0.3) is 0 Å². The van der Waals surface area contributed by atoms with Crippen LogP contribution in [-0.2, 0) is 14.2 Å². The summed E-state index contributed by atoms with van der Waals surface area (Å²) >= 11 is 0. The van der Waals surface area contributed by atoms with E-state index in [4.69, 9.17) is 36.5 Å². The second-order valence-electron chi connectivity index (χ2n) is 10.9. The maximum atomic E-state index is 12.6. The molecule has 2 fully saturated rings. The number of ether oxygens (including phenoxy) is 3. The predicted octanol–water partition coefficient (Wildman–Crippen LogP) is -4.55. The molecule has 3 aliphatic rings. The number of nitrogens with one attached hydrogen (secondary N) is 3. The van der Waals surface area contributed by atoms with Crippen LogP contribution >= 0.6 is 0 Å². The Morgan fingerprint density at radius 1 is 1.27 bits per heavy atom. The fraction of sp³-hybridized carbons (Fsp3) is 0.875. The molecule has 0 aromatic heterocycles. The number of carbonyl (C=O) groups excluding carboxylic acids is 1. The molecule has 0 spiro atoms. The molecule has 40 heavy (non-hydrogen) atoms. The fourth-order valence-corrected chi connectivity index (χ4v) is 5.71. The predicted molar refractivity (Wildman–Crippen MR) is 142 cm³/mol. The van der Waals surface area contributed by atoms with Gasteiger partial charge in [-0.1, -0.05) is 0 Å². The molecule has 2 aliphatic heterocycles. The molecule has 2 heterocycles. The van der Waals surface area contributed by atoms with Gasteiger partial charge in [-0.25, -0.2) is 9.86 Å². The number of carbonyl (C=O) groups is 1. The highest BCUT2D eigenvalue weighted by Gasteiger charge is 2.53. The maximum absolute atomic E-state index is 12.6. The number of likely N-dealkylation sites (N-methyl/N-ethyl adjacent to an activating group) is 1. The third-order valence-corrected chi connectivity index (χ3v) is 7.76. The van der Waals surface area contributed by atoms with Crippen LogP contribution in [0.4, 0.5) is 4.79 Å². The lowest BCUT2D eigenvalue weighted by Crippen LogP contribution is -2.69. The molecule has 0 aromatic rings. The quantitative estimate of drug-likeness (QED) is 0.0627. The Labute approximate surface area is 233 Å². The zero-order chi connectivity index (χ0) is 29.6. The molecule has 14 N–H and O–H groups in total. The van der Waals surface area contributed by atoms with Gasteiger partial charge < -0.3 is 67.8 Å². The summed E-state index contributed by atoms with van der Waals surface area (Å²) in [5, 5.41) is 61.3. The van der Waals surface area contributed by atoms with Gasteiger partial charge in [-0.3, -0.25) is 5.21 Å². The molecule has 3 rings (SSSR count). The van der Waals surface area contributed by atoms with Gasteiger partial charge in [0.25, 0.3) is 0 Å². The van der Waals surface area contributed by atoms with E-state index in [0.717, 1.165) is 0 Å². The lowest BCUT2D eigenvalue weighted by atomic mass is 9.72. The molecule has 0 radical (unpaired) electrons. The summed E-state index contributed by atoms with van der Waals surface area (Å²) in [7, 11) is 1.58. The first kappa shape index (κ1) is 32.8.